The van der Waals surface area contributed by atoms with E-state index in [1.807, 2.05) is 20.8 Å². The molecule has 0 amide bonds. The highest BCUT2D eigenvalue weighted by Crippen LogP contribution is 2.76. The zero-order valence-electron chi connectivity index (χ0n) is 34.6. The number of fused-ring (bicyclic) bond motifs is 5. The molecule has 0 unspecified atom stereocenters. The Balaban J connectivity index is 1.42. The Kier molecular flexibility index (Phi) is 12.7. The summed E-state index contributed by atoms with van der Waals surface area (Å²) in [5.74, 6) is -0.830. The average molecular weight is 801 g/mol. The summed E-state index contributed by atoms with van der Waals surface area (Å²) in [6, 6.07) is 0. The Labute approximate surface area is 331 Å². The summed E-state index contributed by atoms with van der Waals surface area (Å²) in [7, 11) is 0. The van der Waals surface area contributed by atoms with Crippen molar-refractivity contribution < 1.29 is 70.0 Å². The molecule has 0 bridgehead atoms. The Hall–Kier alpha value is -0.820. The second kappa shape index (κ2) is 15.9. The highest BCUT2D eigenvalue weighted by Gasteiger charge is 2.75. The predicted octanol–water partition coefficient (Wildman–Crippen LogP) is 1.12. The van der Waals surface area contributed by atoms with Crippen molar-refractivity contribution in [1.82, 2.24) is 0 Å². The summed E-state index contributed by atoms with van der Waals surface area (Å²) in [5, 5.41) is 109. The first kappa shape index (κ1) is 44.7. The van der Waals surface area contributed by atoms with Gasteiger partial charge in [0.25, 0.3) is 0 Å². The fourth-order valence-corrected chi connectivity index (χ4v) is 13.3. The Morgan fingerprint density at radius 3 is 1.88 bits per heavy atom. The average Bonchev–Trinajstić information content (AvgIpc) is 3.52. The first-order valence-electron chi connectivity index (χ1n) is 21.0. The lowest BCUT2D eigenvalue weighted by Gasteiger charge is -2.72. The third-order valence-corrected chi connectivity index (χ3v) is 16.8. The summed E-state index contributed by atoms with van der Waals surface area (Å²) in [4.78, 5) is 0. The summed E-state index contributed by atoms with van der Waals surface area (Å²) >= 11 is 0. The van der Waals surface area contributed by atoms with Gasteiger partial charge in [-0.05, 0) is 112 Å². The maximum absolute atomic E-state index is 12.6. The van der Waals surface area contributed by atoms with Crippen molar-refractivity contribution in [3.63, 3.8) is 0 Å². The number of aliphatic hydroxyl groups is 10. The van der Waals surface area contributed by atoms with Crippen molar-refractivity contribution in [2.45, 2.75) is 192 Å². The van der Waals surface area contributed by atoms with Crippen molar-refractivity contribution >= 4 is 0 Å². The molecule has 56 heavy (non-hydrogen) atoms. The molecule has 0 radical (unpaired) electrons. The molecular formula is C42H72O14. The van der Waals surface area contributed by atoms with Crippen LogP contribution in [0.4, 0.5) is 0 Å². The monoisotopic (exact) mass is 800 g/mol. The van der Waals surface area contributed by atoms with Crippen molar-refractivity contribution in [2.24, 2.45) is 45.3 Å². The molecule has 4 aliphatic carbocycles. The molecule has 2 heterocycles. The number of ether oxygens (including phenoxy) is 4. The fourth-order valence-electron chi connectivity index (χ4n) is 13.3. The van der Waals surface area contributed by atoms with Gasteiger partial charge in [0.2, 0.25) is 0 Å². The number of aliphatic hydroxyl groups excluding tert-OH is 10. The molecule has 0 aromatic carbocycles. The van der Waals surface area contributed by atoms with Crippen LogP contribution < -0.4 is 0 Å². The van der Waals surface area contributed by atoms with Crippen LogP contribution in [-0.4, -0.2) is 150 Å². The van der Waals surface area contributed by atoms with E-state index in [0.717, 1.165) is 12.0 Å². The van der Waals surface area contributed by atoms with Crippen LogP contribution >= 0.6 is 0 Å². The molecule has 2 saturated heterocycles. The van der Waals surface area contributed by atoms with Gasteiger partial charge in [-0.2, -0.15) is 0 Å². The summed E-state index contributed by atoms with van der Waals surface area (Å²) in [5.41, 5.74) is -2.06. The fraction of sp³-hybridized carbons (Fsp3) is 0.952. The second-order valence-corrected chi connectivity index (χ2v) is 20.2. The Morgan fingerprint density at radius 1 is 0.732 bits per heavy atom. The van der Waals surface area contributed by atoms with Gasteiger partial charge in [-0.1, -0.05) is 46.3 Å². The van der Waals surface area contributed by atoms with Gasteiger partial charge in [-0.3, -0.25) is 0 Å². The third kappa shape index (κ3) is 6.97. The van der Waals surface area contributed by atoms with Crippen LogP contribution in [0.3, 0.4) is 0 Å². The summed E-state index contributed by atoms with van der Waals surface area (Å²) in [6.45, 7) is 15.6. The maximum atomic E-state index is 12.6. The summed E-state index contributed by atoms with van der Waals surface area (Å²) < 4.78 is 25.6. The number of hydrogen-bond acceptors (Lipinski definition) is 14. The van der Waals surface area contributed by atoms with Crippen molar-refractivity contribution in [2.75, 3.05) is 13.2 Å². The minimum atomic E-state index is -1.62. The standard InChI is InChI=1S/C42H72O14/c1-20(2)10-9-13-41(7,56-37-35(52)33(50)31(48)24(19-44)54-37)21-11-15-40(6)29(21)22(45)16-26-39(5)14-12-27(46)38(3,4)25(39)17-28(42(26,40)8)55-36-34(51)32(49)30(47)23(18-43)53-36/h10,21-37,43-52H,9,11-19H2,1-8H3/t21-,22+,23+,24+,25-,26+,27-,28+,29+,30+,31+,32-,33-,34+,35+,36-,37-,39-,40+,41-,42-/m0/s1. The van der Waals surface area contributed by atoms with Crippen LogP contribution in [-0.2, 0) is 18.9 Å². The van der Waals surface area contributed by atoms with E-state index in [1.54, 1.807) is 0 Å². The van der Waals surface area contributed by atoms with Gasteiger partial charge < -0.3 is 70.0 Å². The zero-order valence-corrected chi connectivity index (χ0v) is 34.6. The van der Waals surface area contributed by atoms with E-state index >= 15 is 0 Å². The third-order valence-electron chi connectivity index (χ3n) is 16.8. The van der Waals surface area contributed by atoms with Gasteiger partial charge in [0.1, 0.15) is 48.8 Å². The van der Waals surface area contributed by atoms with Crippen LogP contribution in [0.1, 0.15) is 107 Å². The molecule has 14 heteroatoms. The molecule has 0 spiro atoms. The van der Waals surface area contributed by atoms with Gasteiger partial charge in [-0.15, -0.1) is 0 Å². The van der Waals surface area contributed by atoms with Crippen molar-refractivity contribution in [3.05, 3.63) is 11.6 Å². The van der Waals surface area contributed by atoms with E-state index in [9.17, 15) is 51.1 Å². The van der Waals surface area contributed by atoms with Gasteiger partial charge in [0, 0.05) is 5.41 Å². The predicted molar refractivity (Wildman–Crippen MR) is 202 cm³/mol. The largest absolute Gasteiger partial charge is 0.394 e. The van der Waals surface area contributed by atoms with Gasteiger partial charge in [0.05, 0.1) is 37.1 Å². The van der Waals surface area contributed by atoms with Crippen LogP contribution in [0.2, 0.25) is 0 Å². The van der Waals surface area contributed by atoms with Crippen molar-refractivity contribution in [3.8, 4) is 0 Å². The molecule has 324 valence electrons. The normalized spacial score (nSPS) is 52.6. The van der Waals surface area contributed by atoms with E-state index in [-0.39, 0.29) is 29.1 Å². The van der Waals surface area contributed by atoms with Crippen LogP contribution in [0.15, 0.2) is 11.6 Å². The van der Waals surface area contributed by atoms with Crippen molar-refractivity contribution in [1.29, 1.82) is 0 Å². The molecular weight excluding hydrogens is 728 g/mol. The molecule has 6 fully saturated rings. The zero-order chi connectivity index (χ0) is 41.5. The van der Waals surface area contributed by atoms with Gasteiger partial charge in [-0.25, -0.2) is 0 Å². The smallest absolute Gasteiger partial charge is 0.187 e. The lowest BCUT2D eigenvalue weighted by Crippen LogP contribution is -2.72. The molecule has 6 aliphatic rings. The van der Waals surface area contributed by atoms with E-state index in [0.29, 0.717) is 44.9 Å². The van der Waals surface area contributed by atoms with Crippen LogP contribution in [0.25, 0.3) is 0 Å². The molecule has 21 atom stereocenters. The van der Waals surface area contributed by atoms with E-state index in [4.69, 9.17) is 18.9 Å². The highest BCUT2D eigenvalue weighted by atomic mass is 16.7. The lowest BCUT2D eigenvalue weighted by molar-refractivity contribution is -0.357. The lowest BCUT2D eigenvalue weighted by atomic mass is 9.34. The minimum absolute atomic E-state index is 0.0554. The Morgan fingerprint density at radius 2 is 1.30 bits per heavy atom. The van der Waals surface area contributed by atoms with E-state index in [2.05, 4.69) is 40.7 Å². The van der Waals surface area contributed by atoms with E-state index < -0.39 is 115 Å². The van der Waals surface area contributed by atoms with Crippen LogP contribution in [0, 0.1) is 45.3 Å². The maximum Gasteiger partial charge on any atom is 0.187 e. The van der Waals surface area contributed by atoms with Crippen LogP contribution in [0.5, 0.6) is 0 Å². The van der Waals surface area contributed by atoms with E-state index in [1.165, 1.54) is 0 Å². The first-order valence-corrected chi connectivity index (χ1v) is 21.0. The molecule has 0 aromatic heterocycles. The summed E-state index contributed by atoms with van der Waals surface area (Å²) in [6.07, 6.45) is -9.79. The number of rotatable bonds is 10. The number of hydrogen-bond donors (Lipinski definition) is 10. The molecule has 6 rings (SSSR count). The highest BCUT2D eigenvalue weighted by molar-refractivity contribution is 5.23. The molecule has 10 N–H and O–H groups in total. The van der Waals surface area contributed by atoms with Gasteiger partial charge >= 0.3 is 0 Å². The Bertz CT molecular complexity index is 1400. The quantitative estimate of drug-likeness (QED) is 0.110. The second-order valence-electron chi connectivity index (χ2n) is 20.2. The first-order chi connectivity index (χ1) is 26.0. The SMILES string of the molecule is CC(C)=CCC[C@](C)(O[C@@H]1O[C@H](CO)[C@@H](O)[C@H](O)[C@H]1O)[C@H]1CC[C@]2(C)[C@H]1[C@H](O)C[C@@H]1[C@@]3(C)CC[C@H](O)C(C)(C)[C@@H]3C[C@@H](O[C@@H]3O[C@H](CO)[C@@H](O)[C@H](O)[C@H]3O)[C@]12C. The molecule has 2 aliphatic heterocycles. The number of allylic oxidation sites excluding steroid dienone is 2. The minimum Gasteiger partial charge on any atom is -0.394 e. The van der Waals surface area contributed by atoms with Gasteiger partial charge in [0.15, 0.2) is 12.6 Å². The molecule has 4 saturated carbocycles. The molecule has 14 nitrogen and oxygen atoms in total. The molecule has 0 aromatic rings. The topological polar surface area (TPSA) is 239 Å².